The van der Waals surface area contributed by atoms with Gasteiger partial charge in [0.15, 0.2) is 0 Å². The summed E-state index contributed by atoms with van der Waals surface area (Å²) in [5, 5.41) is 0. The van der Waals surface area contributed by atoms with E-state index in [1.165, 1.54) is 32.2 Å². The van der Waals surface area contributed by atoms with E-state index in [9.17, 15) is 0 Å². The van der Waals surface area contributed by atoms with Crippen molar-refractivity contribution >= 4 is 0 Å². The Hall–Kier alpha value is -0.0400. The van der Waals surface area contributed by atoms with Crippen LogP contribution in [0.2, 0.25) is 0 Å². The Morgan fingerprint density at radius 2 is 2.10 bits per heavy atom. The van der Waals surface area contributed by atoms with Gasteiger partial charge in [0.05, 0.1) is 0 Å². The molecule has 2 fully saturated rings. The zero-order valence-corrected chi connectivity index (χ0v) is 7.06. The van der Waals surface area contributed by atoms with E-state index < -0.39 is 0 Å². The maximum atomic E-state index is 2.58. The zero-order chi connectivity index (χ0) is 7.19. The Bertz CT molecular complexity index is 144. The molecule has 1 aliphatic heterocycles. The summed E-state index contributed by atoms with van der Waals surface area (Å²) in [6, 6.07) is 0. The fourth-order valence-corrected chi connectivity index (χ4v) is 2.55. The first-order valence-corrected chi connectivity index (χ1v) is 4.47. The van der Waals surface area contributed by atoms with Gasteiger partial charge in [0, 0.05) is 5.54 Å². The van der Waals surface area contributed by atoms with E-state index >= 15 is 0 Å². The van der Waals surface area contributed by atoms with Crippen LogP contribution in [-0.4, -0.2) is 24.0 Å². The first-order valence-electron chi connectivity index (χ1n) is 4.47. The van der Waals surface area contributed by atoms with Crippen molar-refractivity contribution < 1.29 is 0 Å². The summed E-state index contributed by atoms with van der Waals surface area (Å²) in [5.74, 6) is 0.984. The van der Waals surface area contributed by atoms with Crippen LogP contribution in [0.5, 0.6) is 0 Å². The fourth-order valence-electron chi connectivity index (χ4n) is 2.55. The molecule has 0 aromatic heterocycles. The zero-order valence-electron chi connectivity index (χ0n) is 7.06. The summed E-state index contributed by atoms with van der Waals surface area (Å²) in [7, 11) is 2.29. The third-order valence-corrected chi connectivity index (χ3v) is 3.53. The Balaban J connectivity index is 2.06. The lowest BCUT2D eigenvalue weighted by Gasteiger charge is -2.33. The van der Waals surface area contributed by atoms with Gasteiger partial charge in [-0.15, -0.1) is 0 Å². The van der Waals surface area contributed by atoms with Gasteiger partial charge in [0.1, 0.15) is 0 Å². The fraction of sp³-hybridized carbons (Fsp3) is 1.00. The first-order chi connectivity index (χ1) is 4.76. The van der Waals surface area contributed by atoms with Crippen LogP contribution < -0.4 is 0 Å². The van der Waals surface area contributed by atoms with E-state index in [1.54, 1.807) is 0 Å². The van der Waals surface area contributed by atoms with Crippen molar-refractivity contribution in [3.05, 3.63) is 0 Å². The maximum absolute atomic E-state index is 2.58. The van der Waals surface area contributed by atoms with Gasteiger partial charge in [0.2, 0.25) is 0 Å². The lowest BCUT2D eigenvalue weighted by Crippen LogP contribution is -2.39. The minimum absolute atomic E-state index is 0.679. The van der Waals surface area contributed by atoms with Crippen molar-refractivity contribution in [1.29, 1.82) is 0 Å². The predicted octanol–water partition coefficient (Wildman–Crippen LogP) is 1.88. The largest absolute Gasteiger partial charge is 0.300 e. The van der Waals surface area contributed by atoms with Crippen LogP contribution in [0.15, 0.2) is 0 Å². The lowest BCUT2D eigenvalue weighted by atomic mass is 9.99. The first kappa shape index (κ1) is 6.66. The number of rotatable bonds is 0. The van der Waals surface area contributed by atoms with E-state index in [2.05, 4.69) is 18.9 Å². The average Bonchev–Trinajstić information content (AvgIpc) is 2.53. The second-order valence-corrected chi connectivity index (χ2v) is 4.09. The predicted molar refractivity (Wildman–Crippen MR) is 43.0 cm³/mol. The Labute approximate surface area is 63.4 Å². The highest BCUT2D eigenvalue weighted by Crippen LogP contribution is 2.52. The molecule has 1 heteroatoms. The van der Waals surface area contributed by atoms with Crippen LogP contribution in [0, 0.1) is 5.92 Å². The summed E-state index contributed by atoms with van der Waals surface area (Å²) in [4.78, 5) is 2.58. The summed E-state index contributed by atoms with van der Waals surface area (Å²) in [6.07, 6.45) is 5.81. The number of nitrogens with zero attached hydrogens (tertiary/aromatic N) is 1. The van der Waals surface area contributed by atoms with Crippen molar-refractivity contribution in [3.63, 3.8) is 0 Å². The average molecular weight is 139 g/mol. The van der Waals surface area contributed by atoms with E-state index in [0.717, 1.165) is 5.92 Å². The third kappa shape index (κ3) is 0.731. The molecular formula is C9H17N. The molecule has 0 N–H and O–H groups in total. The van der Waals surface area contributed by atoms with Gasteiger partial charge in [0.25, 0.3) is 0 Å². The maximum Gasteiger partial charge on any atom is 0.0236 e. The Kier molecular flexibility index (Phi) is 1.31. The van der Waals surface area contributed by atoms with Gasteiger partial charge in [-0.2, -0.15) is 0 Å². The Morgan fingerprint density at radius 3 is 2.50 bits per heavy atom. The molecule has 1 saturated heterocycles. The van der Waals surface area contributed by atoms with Crippen LogP contribution in [0.4, 0.5) is 0 Å². The van der Waals surface area contributed by atoms with Gasteiger partial charge >= 0.3 is 0 Å². The normalized spacial score (nSPS) is 48.0. The molecule has 1 heterocycles. The summed E-state index contributed by atoms with van der Waals surface area (Å²) in [6.45, 7) is 3.73. The summed E-state index contributed by atoms with van der Waals surface area (Å²) < 4.78 is 0. The van der Waals surface area contributed by atoms with Gasteiger partial charge in [-0.05, 0) is 38.8 Å². The monoisotopic (exact) mass is 139 g/mol. The minimum atomic E-state index is 0.679. The quantitative estimate of drug-likeness (QED) is 0.495. The van der Waals surface area contributed by atoms with Crippen molar-refractivity contribution in [2.24, 2.45) is 5.92 Å². The molecule has 2 atom stereocenters. The molecule has 58 valence electrons. The third-order valence-electron chi connectivity index (χ3n) is 3.53. The molecular weight excluding hydrogens is 122 g/mol. The number of likely N-dealkylation sites (tertiary alicyclic amines) is 1. The van der Waals surface area contributed by atoms with E-state index in [1.807, 2.05) is 0 Å². The lowest BCUT2D eigenvalue weighted by molar-refractivity contribution is 0.152. The van der Waals surface area contributed by atoms with Crippen molar-refractivity contribution in [1.82, 2.24) is 4.90 Å². The molecule has 1 aliphatic carbocycles. The molecule has 0 amide bonds. The van der Waals surface area contributed by atoms with Crippen LogP contribution in [0.25, 0.3) is 0 Å². The molecule has 2 rings (SSSR count). The second-order valence-electron chi connectivity index (χ2n) is 4.09. The SMILES string of the molecule is C[C@@H]1CC12CCCCN2C. The van der Waals surface area contributed by atoms with Crippen molar-refractivity contribution in [3.8, 4) is 0 Å². The molecule has 2 aliphatic rings. The number of hydrogen-bond acceptors (Lipinski definition) is 1. The van der Waals surface area contributed by atoms with E-state index in [-0.39, 0.29) is 0 Å². The minimum Gasteiger partial charge on any atom is -0.300 e. The van der Waals surface area contributed by atoms with Crippen LogP contribution in [-0.2, 0) is 0 Å². The highest BCUT2D eigenvalue weighted by Gasteiger charge is 2.54. The molecule has 0 radical (unpaired) electrons. The number of piperidine rings is 1. The summed E-state index contributed by atoms with van der Waals surface area (Å²) >= 11 is 0. The molecule has 10 heavy (non-hydrogen) atoms. The molecule has 1 spiro atoms. The molecule has 1 nitrogen and oxygen atoms in total. The van der Waals surface area contributed by atoms with Crippen molar-refractivity contribution in [2.45, 2.75) is 38.1 Å². The van der Waals surface area contributed by atoms with E-state index in [4.69, 9.17) is 0 Å². The van der Waals surface area contributed by atoms with Crippen LogP contribution in [0.1, 0.15) is 32.6 Å². The highest BCUT2D eigenvalue weighted by atomic mass is 15.2. The molecule has 0 aromatic rings. The molecule has 1 saturated carbocycles. The van der Waals surface area contributed by atoms with E-state index in [0.29, 0.717) is 5.54 Å². The topological polar surface area (TPSA) is 3.24 Å². The van der Waals surface area contributed by atoms with Gasteiger partial charge in [-0.25, -0.2) is 0 Å². The van der Waals surface area contributed by atoms with Crippen LogP contribution >= 0.6 is 0 Å². The van der Waals surface area contributed by atoms with Crippen LogP contribution in [0.3, 0.4) is 0 Å². The highest BCUT2D eigenvalue weighted by molar-refractivity contribution is 5.09. The molecule has 0 bridgehead atoms. The van der Waals surface area contributed by atoms with Crippen molar-refractivity contribution in [2.75, 3.05) is 13.6 Å². The second kappa shape index (κ2) is 1.97. The van der Waals surface area contributed by atoms with Gasteiger partial charge in [-0.3, -0.25) is 0 Å². The Morgan fingerprint density at radius 1 is 1.40 bits per heavy atom. The smallest absolute Gasteiger partial charge is 0.0236 e. The number of hydrogen-bond donors (Lipinski definition) is 0. The molecule has 1 unspecified atom stereocenters. The van der Waals surface area contributed by atoms with Gasteiger partial charge in [-0.1, -0.05) is 13.3 Å². The van der Waals surface area contributed by atoms with Gasteiger partial charge < -0.3 is 4.90 Å². The molecule has 0 aromatic carbocycles. The standard InChI is InChI=1S/C9H17N/c1-8-7-9(8)5-3-4-6-10(9)2/h8H,3-7H2,1-2H3/t8-,9?/m1/s1. The summed E-state index contributed by atoms with van der Waals surface area (Å²) in [5.41, 5.74) is 0.679.